The summed E-state index contributed by atoms with van der Waals surface area (Å²) in [5.41, 5.74) is 0.819. The van der Waals surface area contributed by atoms with E-state index in [-0.39, 0.29) is 0 Å². The lowest BCUT2D eigenvalue weighted by molar-refractivity contribution is -0.203. The number of alkyl halides is 1. The zero-order chi connectivity index (χ0) is 10.5. The Balaban J connectivity index is 2.18. The number of fused-ring (bicyclic) bond motifs is 2. The summed E-state index contributed by atoms with van der Waals surface area (Å²) >= 11 is 5.91. The molecule has 2 aliphatic rings. The Labute approximate surface area is 91.8 Å². The van der Waals surface area contributed by atoms with Crippen LogP contribution in [-0.4, -0.2) is 23.3 Å². The highest BCUT2D eigenvalue weighted by molar-refractivity contribution is 6.22. The van der Waals surface area contributed by atoms with E-state index >= 15 is 0 Å². The summed E-state index contributed by atoms with van der Waals surface area (Å²) in [4.78, 5) is 3.94. The SMILES string of the molecule is OC1(Cl)OC2(CCOC2)c2ccncc21. The summed E-state index contributed by atoms with van der Waals surface area (Å²) in [6.07, 6.45) is 3.91. The zero-order valence-corrected chi connectivity index (χ0v) is 8.70. The van der Waals surface area contributed by atoms with Gasteiger partial charge >= 0.3 is 0 Å². The van der Waals surface area contributed by atoms with E-state index in [0.29, 0.717) is 25.2 Å². The average Bonchev–Trinajstić information content (AvgIpc) is 2.74. The van der Waals surface area contributed by atoms with Crippen molar-refractivity contribution in [2.24, 2.45) is 0 Å². The lowest BCUT2D eigenvalue weighted by atomic mass is 9.93. The molecule has 3 heterocycles. The molecular formula is C10H10ClNO3. The molecule has 0 aromatic carbocycles. The Kier molecular flexibility index (Phi) is 1.86. The zero-order valence-electron chi connectivity index (χ0n) is 7.94. The van der Waals surface area contributed by atoms with Crippen LogP contribution in [0.3, 0.4) is 0 Å². The fraction of sp³-hybridized carbons (Fsp3) is 0.500. The minimum atomic E-state index is -1.77. The van der Waals surface area contributed by atoms with Crippen molar-refractivity contribution in [1.29, 1.82) is 0 Å². The lowest BCUT2D eigenvalue weighted by Crippen LogP contribution is -2.29. The van der Waals surface area contributed by atoms with Crippen LogP contribution >= 0.6 is 11.6 Å². The van der Waals surface area contributed by atoms with E-state index in [2.05, 4.69) is 4.98 Å². The summed E-state index contributed by atoms with van der Waals surface area (Å²) in [5.74, 6) is 0. The maximum absolute atomic E-state index is 9.92. The second-order valence-corrected chi connectivity index (χ2v) is 4.39. The molecule has 0 radical (unpaired) electrons. The Hall–Kier alpha value is -0.680. The van der Waals surface area contributed by atoms with Crippen LogP contribution in [-0.2, 0) is 20.3 Å². The van der Waals surface area contributed by atoms with Gasteiger partial charge in [0.2, 0.25) is 0 Å². The molecule has 5 heteroatoms. The minimum absolute atomic E-state index is 0.430. The van der Waals surface area contributed by atoms with E-state index in [1.54, 1.807) is 6.20 Å². The molecule has 1 fully saturated rings. The maximum atomic E-state index is 9.92. The number of aromatic nitrogens is 1. The molecule has 3 rings (SSSR count). The van der Waals surface area contributed by atoms with Crippen LogP contribution in [0.15, 0.2) is 18.5 Å². The van der Waals surface area contributed by atoms with Crippen LogP contribution in [0.1, 0.15) is 17.5 Å². The van der Waals surface area contributed by atoms with Gasteiger partial charge in [-0.2, -0.15) is 0 Å². The number of hydrogen-bond acceptors (Lipinski definition) is 4. The van der Waals surface area contributed by atoms with Crippen LogP contribution < -0.4 is 0 Å². The quantitative estimate of drug-likeness (QED) is 0.674. The number of ether oxygens (including phenoxy) is 2. The van der Waals surface area contributed by atoms with Gasteiger partial charge in [-0.15, -0.1) is 0 Å². The maximum Gasteiger partial charge on any atom is 0.276 e. The fourth-order valence-corrected chi connectivity index (χ4v) is 2.54. The van der Waals surface area contributed by atoms with Crippen molar-refractivity contribution >= 4 is 11.6 Å². The van der Waals surface area contributed by atoms with Gasteiger partial charge in [-0.05, 0) is 11.6 Å². The predicted molar refractivity (Wildman–Crippen MR) is 52.2 cm³/mol. The normalized spacial score (nSPS) is 38.5. The Morgan fingerprint density at radius 2 is 2.33 bits per heavy atom. The molecule has 0 amide bonds. The van der Waals surface area contributed by atoms with Gasteiger partial charge in [0.15, 0.2) is 0 Å². The molecule has 4 nitrogen and oxygen atoms in total. The first kappa shape index (κ1) is 9.54. The summed E-state index contributed by atoms with van der Waals surface area (Å²) in [7, 11) is 0. The van der Waals surface area contributed by atoms with Gasteiger partial charge in [-0.1, -0.05) is 11.6 Å². The number of nitrogens with zero attached hydrogens (tertiary/aromatic N) is 1. The van der Waals surface area contributed by atoms with Gasteiger partial charge in [0, 0.05) is 25.4 Å². The van der Waals surface area contributed by atoms with E-state index in [1.807, 2.05) is 6.07 Å². The summed E-state index contributed by atoms with van der Waals surface area (Å²) < 4.78 is 10.8. The molecule has 15 heavy (non-hydrogen) atoms. The fourth-order valence-electron chi connectivity index (χ4n) is 2.25. The van der Waals surface area contributed by atoms with Crippen LogP contribution in [0.2, 0.25) is 0 Å². The van der Waals surface area contributed by atoms with Crippen molar-refractivity contribution in [1.82, 2.24) is 4.98 Å². The summed E-state index contributed by atoms with van der Waals surface area (Å²) in [5, 5.41) is 8.15. The van der Waals surface area contributed by atoms with E-state index in [1.165, 1.54) is 6.20 Å². The smallest absolute Gasteiger partial charge is 0.276 e. The minimum Gasteiger partial charge on any atom is -0.378 e. The average molecular weight is 228 g/mol. The molecule has 1 spiro atoms. The van der Waals surface area contributed by atoms with Crippen LogP contribution in [0, 0.1) is 0 Å². The van der Waals surface area contributed by atoms with Gasteiger partial charge in [0.05, 0.1) is 12.2 Å². The summed E-state index contributed by atoms with van der Waals surface area (Å²) in [6.45, 7) is 1.05. The Morgan fingerprint density at radius 1 is 1.47 bits per heavy atom. The number of hydrogen-bond donors (Lipinski definition) is 1. The number of aliphatic hydroxyl groups is 1. The molecule has 2 unspecified atom stereocenters. The van der Waals surface area contributed by atoms with Crippen molar-refractivity contribution in [3.63, 3.8) is 0 Å². The molecule has 0 aliphatic carbocycles. The van der Waals surface area contributed by atoms with Crippen molar-refractivity contribution in [2.75, 3.05) is 13.2 Å². The second-order valence-electron chi connectivity index (χ2n) is 3.88. The number of rotatable bonds is 0. The van der Waals surface area contributed by atoms with Crippen LogP contribution in [0.4, 0.5) is 0 Å². The highest BCUT2D eigenvalue weighted by Gasteiger charge is 2.54. The van der Waals surface area contributed by atoms with Gasteiger partial charge < -0.3 is 14.6 Å². The van der Waals surface area contributed by atoms with Crippen molar-refractivity contribution in [2.45, 2.75) is 17.3 Å². The van der Waals surface area contributed by atoms with Gasteiger partial charge in [0.25, 0.3) is 5.25 Å². The van der Waals surface area contributed by atoms with Crippen LogP contribution in [0.5, 0.6) is 0 Å². The molecule has 1 aromatic heterocycles. The van der Waals surface area contributed by atoms with Gasteiger partial charge in [-0.3, -0.25) is 4.98 Å². The van der Waals surface area contributed by atoms with E-state index in [9.17, 15) is 5.11 Å². The van der Waals surface area contributed by atoms with E-state index in [0.717, 1.165) is 5.56 Å². The molecule has 1 saturated heterocycles. The van der Waals surface area contributed by atoms with Crippen molar-refractivity contribution in [3.8, 4) is 0 Å². The Bertz CT molecular complexity index is 401. The van der Waals surface area contributed by atoms with Crippen LogP contribution in [0.25, 0.3) is 0 Å². The first-order valence-electron chi connectivity index (χ1n) is 4.78. The highest BCUT2D eigenvalue weighted by atomic mass is 35.5. The number of pyridine rings is 1. The first-order valence-corrected chi connectivity index (χ1v) is 5.16. The van der Waals surface area contributed by atoms with Gasteiger partial charge in [0.1, 0.15) is 5.60 Å². The van der Waals surface area contributed by atoms with Crippen molar-refractivity contribution in [3.05, 3.63) is 29.6 Å². The largest absolute Gasteiger partial charge is 0.378 e. The van der Waals surface area contributed by atoms with E-state index < -0.39 is 10.8 Å². The molecule has 0 bridgehead atoms. The molecule has 1 aromatic rings. The monoisotopic (exact) mass is 227 g/mol. The molecule has 0 saturated carbocycles. The molecule has 80 valence electrons. The molecular weight excluding hydrogens is 218 g/mol. The standard InChI is InChI=1S/C10H10ClNO3/c11-10(13)8-5-12-3-1-7(8)9(15-10)2-4-14-6-9/h1,3,5,13H,2,4,6H2. The molecule has 2 aliphatic heterocycles. The van der Waals surface area contributed by atoms with Gasteiger partial charge in [-0.25, -0.2) is 0 Å². The third-order valence-corrected chi connectivity index (χ3v) is 3.24. The second kappa shape index (κ2) is 2.92. The first-order chi connectivity index (χ1) is 7.14. The molecule has 1 N–H and O–H groups in total. The molecule has 2 atom stereocenters. The third-order valence-electron chi connectivity index (χ3n) is 2.96. The topological polar surface area (TPSA) is 51.6 Å². The lowest BCUT2D eigenvalue weighted by Gasteiger charge is -2.24. The summed E-state index contributed by atoms with van der Waals surface area (Å²) in [6, 6.07) is 1.82. The third kappa shape index (κ3) is 1.23. The Morgan fingerprint density at radius 3 is 3.07 bits per heavy atom. The number of halogens is 1. The van der Waals surface area contributed by atoms with E-state index in [4.69, 9.17) is 21.1 Å². The predicted octanol–water partition coefficient (Wildman–Crippen LogP) is 1.07. The van der Waals surface area contributed by atoms with Crippen molar-refractivity contribution < 1.29 is 14.6 Å². The highest BCUT2D eigenvalue weighted by Crippen LogP contribution is 2.51.